The summed E-state index contributed by atoms with van der Waals surface area (Å²) in [7, 11) is -2.31. The first-order valence-corrected chi connectivity index (χ1v) is 8.93. The largest absolute Gasteiger partial charge is 0.465 e. The second-order valence-corrected chi connectivity index (χ2v) is 7.37. The number of esters is 1. The molecule has 0 amide bonds. The van der Waals surface area contributed by atoms with Crippen molar-refractivity contribution in [2.45, 2.75) is 20.8 Å². The SMILES string of the molecule is CCS(=O)(=O)n1c(C)c(C(=O)OC)c(-c2ccc(C#N)cc2)c1C. The topological polar surface area (TPSA) is 89.2 Å². The molecule has 0 atom stereocenters. The van der Waals surface area contributed by atoms with E-state index in [1.54, 1.807) is 45.0 Å². The first kappa shape index (κ1) is 17.8. The molecule has 0 saturated carbocycles. The van der Waals surface area contributed by atoms with Crippen LogP contribution in [-0.4, -0.2) is 31.2 Å². The highest BCUT2D eigenvalue weighted by atomic mass is 32.2. The van der Waals surface area contributed by atoms with Crippen molar-refractivity contribution in [2.75, 3.05) is 12.9 Å². The summed E-state index contributed by atoms with van der Waals surface area (Å²) in [5.41, 5.74) is 2.62. The van der Waals surface area contributed by atoms with Crippen molar-refractivity contribution in [1.29, 1.82) is 5.26 Å². The molecule has 0 saturated heterocycles. The lowest BCUT2D eigenvalue weighted by Crippen LogP contribution is -2.18. The Kier molecular flexibility index (Phi) is 4.81. The average Bonchev–Trinajstić information content (AvgIpc) is 2.85. The lowest BCUT2D eigenvalue weighted by atomic mass is 9.99. The summed E-state index contributed by atoms with van der Waals surface area (Å²) in [6.07, 6.45) is 0. The van der Waals surface area contributed by atoms with Crippen molar-refractivity contribution in [2.24, 2.45) is 0 Å². The Labute approximate surface area is 141 Å². The maximum atomic E-state index is 12.4. The first-order chi connectivity index (χ1) is 11.3. The van der Waals surface area contributed by atoms with Gasteiger partial charge >= 0.3 is 5.97 Å². The molecule has 1 aromatic heterocycles. The minimum Gasteiger partial charge on any atom is -0.465 e. The third-order valence-electron chi connectivity index (χ3n) is 3.92. The molecule has 126 valence electrons. The van der Waals surface area contributed by atoms with E-state index in [-0.39, 0.29) is 11.3 Å². The van der Waals surface area contributed by atoms with Crippen LogP contribution in [-0.2, 0) is 14.8 Å². The maximum Gasteiger partial charge on any atom is 0.340 e. The van der Waals surface area contributed by atoms with E-state index in [1.165, 1.54) is 11.1 Å². The van der Waals surface area contributed by atoms with Crippen LogP contribution >= 0.6 is 0 Å². The molecule has 1 heterocycles. The van der Waals surface area contributed by atoms with Gasteiger partial charge in [0.05, 0.1) is 30.1 Å². The molecule has 0 aliphatic rings. The molecule has 0 bridgehead atoms. The number of hydrogen-bond acceptors (Lipinski definition) is 5. The molecule has 0 N–H and O–H groups in total. The molecular weight excluding hydrogens is 328 g/mol. The fourth-order valence-electron chi connectivity index (χ4n) is 2.78. The summed E-state index contributed by atoms with van der Waals surface area (Å²) in [6, 6.07) is 8.65. The molecule has 0 aliphatic heterocycles. The van der Waals surface area contributed by atoms with Gasteiger partial charge in [0, 0.05) is 17.0 Å². The van der Waals surface area contributed by atoms with Gasteiger partial charge in [-0.25, -0.2) is 17.2 Å². The molecule has 6 nitrogen and oxygen atoms in total. The van der Waals surface area contributed by atoms with Crippen molar-refractivity contribution < 1.29 is 17.9 Å². The van der Waals surface area contributed by atoms with E-state index < -0.39 is 16.0 Å². The Morgan fingerprint density at radius 1 is 1.21 bits per heavy atom. The van der Waals surface area contributed by atoms with Crippen molar-refractivity contribution in [3.63, 3.8) is 0 Å². The van der Waals surface area contributed by atoms with E-state index in [4.69, 9.17) is 10.00 Å². The monoisotopic (exact) mass is 346 g/mol. The summed E-state index contributed by atoms with van der Waals surface area (Å²) in [5.74, 6) is -0.684. The molecule has 0 unspecified atom stereocenters. The van der Waals surface area contributed by atoms with E-state index in [0.717, 1.165) is 0 Å². The number of carbonyl (C=O) groups is 1. The van der Waals surface area contributed by atoms with Crippen LogP contribution in [0.15, 0.2) is 24.3 Å². The fraction of sp³-hybridized carbons (Fsp3) is 0.294. The van der Waals surface area contributed by atoms with E-state index in [2.05, 4.69) is 0 Å². The van der Waals surface area contributed by atoms with Crippen LogP contribution in [0.4, 0.5) is 0 Å². The first-order valence-electron chi connectivity index (χ1n) is 7.32. The van der Waals surface area contributed by atoms with Crippen LogP contribution in [0, 0.1) is 25.2 Å². The van der Waals surface area contributed by atoms with Crippen LogP contribution in [0.25, 0.3) is 11.1 Å². The lowest BCUT2D eigenvalue weighted by molar-refractivity contribution is 0.0601. The van der Waals surface area contributed by atoms with Gasteiger partial charge in [-0.1, -0.05) is 12.1 Å². The van der Waals surface area contributed by atoms with Gasteiger partial charge in [0.15, 0.2) is 0 Å². The Bertz CT molecular complexity index is 932. The molecule has 0 aliphatic carbocycles. The minimum atomic E-state index is -3.57. The van der Waals surface area contributed by atoms with E-state index in [1.807, 2.05) is 6.07 Å². The van der Waals surface area contributed by atoms with Gasteiger partial charge < -0.3 is 4.74 Å². The zero-order chi connectivity index (χ0) is 18.1. The van der Waals surface area contributed by atoms with Gasteiger partial charge in [0.1, 0.15) is 0 Å². The summed E-state index contributed by atoms with van der Waals surface area (Å²) < 4.78 is 30.9. The smallest absolute Gasteiger partial charge is 0.340 e. The number of benzene rings is 1. The van der Waals surface area contributed by atoms with Gasteiger partial charge in [0.2, 0.25) is 10.0 Å². The predicted octanol–water partition coefficient (Wildman–Crippen LogP) is 2.63. The van der Waals surface area contributed by atoms with E-state index in [0.29, 0.717) is 28.1 Å². The van der Waals surface area contributed by atoms with Crippen molar-refractivity contribution in [3.8, 4) is 17.2 Å². The Morgan fingerprint density at radius 2 is 1.79 bits per heavy atom. The minimum absolute atomic E-state index is 0.0865. The number of nitriles is 1. The third-order valence-corrected chi connectivity index (χ3v) is 5.75. The van der Waals surface area contributed by atoms with Gasteiger partial charge in [-0.15, -0.1) is 0 Å². The second kappa shape index (κ2) is 6.49. The zero-order valence-electron chi connectivity index (χ0n) is 14.0. The highest BCUT2D eigenvalue weighted by molar-refractivity contribution is 7.89. The number of rotatable bonds is 4. The molecule has 0 fully saturated rings. The van der Waals surface area contributed by atoms with Gasteiger partial charge in [-0.2, -0.15) is 5.26 Å². The number of methoxy groups -OCH3 is 1. The maximum absolute atomic E-state index is 12.4. The molecule has 7 heteroatoms. The Balaban J connectivity index is 2.86. The highest BCUT2D eigenvalue weighted by Crippen LogP contribution is 2.34. The van der Waals surface area contributed by atoms with Gasteiger partial charge in [-0.3, -0.25) is 0 Å². The average molecular weight is 346 g/mol. The van der Waals surface area contributed by atoms with Crippen LogP contribution in [0.2, 0.25) is 0 Å². The van der Waals surface area contributed by atoms with Crippen molar-refractivity contribution >= 4 is 16.0 Å². The number of carbonyl (C=O) groups excluding carboxylic acids is 1. The second-order valence-electron chi connectivity index (χ2n) is 5.27. The molecule has 2 rings (SSSR count). The van der Waals surface area contributed by atoms with Gasteiger partial charge in [-0.05, 0) is 38.5 Å². The summed E-state index contributed by atoms with van der Waals surface area (Å²) >= 11 is 0. The molecular formula is C17H18N2O4S. The molecule has 1 aromatic carbocycles. The fourth-order valence-corrected chi connectivity index (χ4v) is 4.05. The lowest BCUT2D eigenvalue weighted by Gasteiger charge is -2.09. The van der Waals surface area contributed by atoms with Crippen LogP contribution in [0.1, 0.15) is 34.2 Å². The Hall–Kier alpha value is -2.59. The van der Waals surface area contributed by atoms with Gasteiger partial charge in [0.25, 0.3) is 0 Å². The quantitative estimate of drug-likeness (QED) is 0.794. The van der Waals surface area contributed by atoms with Crippen LogP contribution in [0.5, 0.6) is 0 Å². The zero-order valence-corrected chi connectivity index (χ0v) is 14.8. The van der Waals surface area contributed by atoms with E-state index >= 15 is 0 Å². The highest BCUT2D eigenvalue weighted by Gasteiger charge is 2.29. The third kappa shape index (κ3) is 2.81. The summed E-state index contributed by atoms with van der Waals surface area (Å²) in [5, 5.41) is 8.91. The molecule has 0 spiro atoms. The number of hydrogen-bond donors (Lipinski definition) is 0. The van der Waals surface area contributed by atoms with Crippen molar-refractivity contribution in [3.05, 3.63) is 46.8 Å². The van der Waals surface area contributed by atoms with Crippen LogP contribution in [0.3, 0.4) is 0 Å². The van der Waals surface area contributed by atoms with E-state index in [9.17, 15) is 13.2 Å². The van der Waals surface area contributed by atoms with Crippen LogP contribution < -0.4 is 0 Å². The number of aromatic nitrogens is 1. The number of nitrogens with zero attached hydrogens (tertiary/aromatic N) is 2. The number of ether oxygens (including phenoxy) is 1. The molecule has 24 heavy (non-hydrogen) atoms. The predicted molar refractivity (Wildman–Crippen MR) is 90.3 cm³/mol. The normalized spacial score (nSPS) is 11.1. The summed E-state index contributed by atoms with van der Waals surface area (Å²) in [6.45, 7) is 4.78. The molecule has 2 aromatic rings. The van der Waals surface area contributed by atoms with Crippen molar-refractivity contribution in [1.82, 2.24) is 3.97 Å². The summed E-state index contributed by atoms with van der Waals surface area (Å²) in [4.78, 5) is 12.2. The standard InChI is InChI=1S/C17H18N2O4S/c1-5-24(21,22)19-11(2)15(16(12(19)3)17(20)23-4)14-8-6-13(10-18)7-9-14/h6-9H,5H2,1-4H3. The Morgan fingerprint density at radius 3 is 2.25 bits per heavy atom. The molecule has 0 radical (unpaired) electrons.